The number of amides is 3. The summed E-state index contributed by atoms with van der Waals surface area (Å²) < 4.78 is 5.80. The standard InChI is InChI=1S/C24H35N3O5/c1-3-4-11-20(17(2)28)27-24(31)21-15-18-9-8-10-19(14-18)32-13-7-5-6-12-22(29)25-16-23(30)26-21/h8-10,14,20-21H,3-7,11-13,15-16H2,1-2H3,(H,25,29)(H,26,30)(H,27,31). The number of fused-ring (bicyclic) bond motifs is 2. The summed E-state index contributed by atoms with van der Waals surface area (Å²) >= 11 is 0. The molecule has 2 bridgehead atoms. The van der Waals surface area contributed by atoms with Gasteiger partial charge in [0.15, 0.2) is 5.78 Å². The SMILES string of the molecule is CCCCC(NC(=O)C1Cc2cccc(c2)OCCCCCC(=O)NCC(=O)N1)C(C)=O. The van der Waals surface area contributed by atoms with Crippen LogP contribution in [0.2, 0.25) is 0 Å². The van der Waals surface area contributed by atoms with Gasteiger partial charge in [0.1, 0.15) is 11.8 Å². The Bertz CT molecular complexity index is 796. The van der Waals surface area contributed by atoms with Crippen molar-refractivity contribution in [2.45, 2.75) is 77.3 Å². The number of ether oxygens (including phenoxy) is 1. The van der Waals surface area contributed by atoms with E-state index >= 15 is 0 Å². The predicted octanol–water partition coefficient (Wildman–Crippen LogP) is 2.05. The Labute approximate surface area is 189 Å². The highest BCUT2D eigenvalue weighted by atomic mass is 16.5. The van der Waals surface area contributed by atoms with Gasteiger partial charge in [0.2, 0.25) is 17.7 Å². The van der Waals surface area contributed by atoms with Crippen LogP contribution in [0.5, 0.6) is 5.75 Å². The lowest BCUT2D eigenvalue weighted by Gasteiger charge is -2.23. The molecule has 2 unspecified atom stereocenters. The smallest absolute Gasteiger partial charge is 0.243 e. The van der Waals surface area contributed by atoms with Crippen LogP contribution in [0.15, 0.2) is 24.3 Å². The molecule has 8 heteroatoms. The topological polar surface area (TPSA) is 114 Å². The Hall–Kier alpha value is -2.90. The van der Waals surface area contributed by atoms with Gasteiger partial charge in [0.25, 0.3) is 0 Å². The van der Waals surface area contributed by atoms with E-state index in [-0.39, 0.29) is 24.7 Å². The number of ketones is 1. The third-order valence-electron chi connectivity index (χ3n) is 5.41. The number of hydrogen-bond donors (Lipinski definition) is 3. The summed E-state index contributed by atoms with van der Waals surface area (Å²) in [5.74, 6) is -0.494. The monoisotopic (exact) mass is 445 g/mol. The Morgan fingerprint density at radius 1 is 1.19 bits per heavy atom. The summed E-state index contributed by atoms with van der Waals surface area (Å²) in [7, 11) is 0. The van der Waals surface area contributed by atoms with Crippen molar-refractivity contribution < 1.29 is 23.9 Å². The molecule has 0 saturated carbocycles. The van der Waals surface area contributed by atoms with E-state index in [1.165, 1.54) is 6.92 Å². The van der Waals surface area contributed by atoms with Gasteiger partial charge >= 0.3 is 0 Å². The van der Waals surface area contributed by atoms with Crippen molar-refractivity contribution in [2.75, 3.05) is 13.2 Å². The molecule has 0 aliphatic carbocycles. The minimum absolute atomic E-state index is 0.117. The fourth-order valence-electron chi connectivity index (χ4n) is 3.53. The Kier molecular flexibility index (Phi) is 10.7. The van der Waals surface area contributed by atoms with E-state index in [1.807, 2.05) is 31.2 Å². The van der Waals surface area contributed by atoms with Crippen molar-refractivity contribution in [1.82, 2.24) is 16.0 Å². The minimum Gasteiger partial charge on any atom is -0.494 e. The first-order chi connectivity index (χ1) is 15.4. The van der Waals surface area contributed by atoms with Crippen LogP contribution in [0.1, 0.15) is 64.4 Å². The van der Waals surface area contributed by atoms with Gasteiger partial charge in [-0.1, -0.05) is 31.9 Å². The third-order valence-corrected chi connectivity index (χ3v) is 5.41. The molecule has 1 aromatic carbocycles. The lowest BCUT2D eigenvalue weighted by Crippen LogP contribution is -2.53. The second-order valence-corrected chi connectivity index (χ2v) is 8.22. The van der Waals surface area contributed by atoms with Crippen molar-refractivity contribution in [1.29, 1.82) is 0 Å². The van der Waals surface area contributed by atoms with Crippen LogP contribution in [0.3, 0.4) is 0 Å². The normalized spacial score (nSPS) is 19.1. The minimum atomic E-state index is -0.883. The lowest BCUT2D eigenvalue weighted by molar-refractivity contribution is -0.131. The maximum atomic E-state index is 13.0. The van der Waals surface area contributed by atoms with Crippen molar-refractivity contribution in [2.24, 2.45) is 0 Å². The number of hydrogen-bond acceptors (Lipinski definition) is 5. The number of rotatable bonds is 6. The molecule has 1 aliphatic heterocycles. The number of benzene rings is 1. The van der Waals surface area contributed by atoms with Gasteiger partial charge in [0.05, 0.1) is 19.2 Å². The van der Waals surface area contributed by atoms with Crippen LogP contribution in [-0.2, 0) is 25.6 Å². The van der Waals surface area contributed by atoms with Gasteiger partial charge in [-0.2, -0.15) is 0 Å². The van der Waals surface area contributed by atoms with Gasteiger partial charge in [0, 0.05) is 12.8 Å². The Morgan fingerprint density at radius 2 is 2.00 bits per heavy atom. The molecule has 3 N–H and O–H groups in total. The summed E-state index contributed by atoms with van der Waals surface area (Å²) in [4.78, 5) is 49.4. The highest BCUT2D eigenvalue weighted by molar-refractivity contribution is 5.93. The van der Waals surface area contributed by atoms with Crippen LogP contribution in [-0.4, -0.2) is 48.7 Å². The molecule has 32 heavy (non-hydrogen) atoms. The predicted molar refractivity (Wildman–Crippen MR) is 121 cm³/mol. The molecular weight excluding hydrogens is 410 g/mol. The highest BCUT2D eigenvalue weighted by Crippen LogP contribution is 2.16. The first-order valence-electron chi connectivity index (χ1n) is 11.5. The van der Waals surface area contributed by atoms with Crippen LogP contribution >= 0.6 is 0 Å². The zero-order chi connectivity index (χ0) is 23.3. The Balaban J connectivity index is 2.19. The van der Waals surface area contributed by atoms with Crippen molar-refractivity contribution in [3.63, 3.8) is 0 Å². The van der Waals surface area contributed by atoms with Crippen LogP contribution < -0.4 is 20.7 Å². The van der Waals surface area contributed by atoms with Crippen LogP contribution in [0.25, 0.3) is 0 Å². The average Bonchev–Trinajstić information content (AvgIpc) is 2.76. The van der Waals surface area contributed by atoms with Gasteiger partial charge in [-0.25, -0.2) is 0 Å². The summed E-state index contributed by atoms with van der Waals surface area (Å²) in [6, 6.07) is 5.96. The summed E-state index contributed by atoms with van der Waals surface area (Å²) in [5.41, 5.74) is 0.826. The second-order valence-electron chi connectivity index (χ2n) is 8.22. The quantitative estimate of drug-likeness (QED) is 0.620. The maximum absolute atomic E-state index is 13.0. The average molecular weight is 446 g/mol. The van der Waals surface area contributed by atoms with E-state index in [0.29, 0.717) is 31.6 Å². The summed E-state index contributed by atoms with van der Waals surface area (Å²) in [5, 5.41) is 8.10. The molecule has 0 spiro atoms. The number of carbonyl (C=O) groups excluding carboxylic acids is 4. The zero-order valence-corrected chi connectivity index (χ0v) is 19.1. The Morgan fingerprint density at radius 3 is 2.75 bits per heavy atom. The molecule has 8 nitrogen and oxygen atoms in total. The second kappa shape index (κ2) is 13.5. The van der Waals surface area contributed by atoms with Crippen molar-refractivity contribution in [3.05, 3.63) is 29.8 Å². The van der Waals surface area contributed by atoms with E-state index < -0.39 is 23.9 Å². The molecule has 1 aromatic rings. The van der Waals surface area contributed by atoms with E-state index in [1.54, 1.807) is 0 Å². The fraction of sp³-hybridized carbons (Fsp3) is 0.583. The highest BCUT2D eigenvalue weighted by Gasteiger charge is 2.25. The number of carbonyl (C=O) groups is 4. The molecule has 2 atom stereocenters. The van der Waals surface area contributed by atoms with Gasteiger partial charge in [-0.3, -0.25) is 19.2 Å². The molecule has 1 heterocycles. The molecular formula is C24H35N3O5. The molecule has 3 amide bonds. The molecule has 0 aromatic heterocycles. The van der Waals surface area contributed by atoms with Crippen molar-refractivity contribution >= 4 is 23.5 Å². The first-order valence-corrected chi connectivity index (χ1v) is 11.5. The van der Waals surface area contributed by atoms with Crippen molar-refractivity contribution in [3.8, 4) is 5.75 Å². The van der Waals surface area contributed by atoms with Gasteiger partial charge < -0.3 is 20.7 Å². The molecule has 0 fully saturated rings. The van der Waals surface area contributed by atoms with Gasteiger partial charge in [-0.15, -0.1) is 0 Å². The van der Waals surface area contributed by atoms with Crippen LogP contribution in [0, 0.1) is 0 Å². The summed E-state index contributed by atoms with van der Waals surface area (Å²) in [6.07, 6.45) is 5.25. The van der Waals surface area contributed by atoms with E-state index in [0.717, 1.165) is 31.2 Å². The molecule has 0 radical (unpaired) electrons. The number of Topliss-reactive ketones (excluding diaryl/α,β-unsaturated/α-hetero) is 1. The van der Waals surface area contributed by atoms with E-state index in [2.05, 4.69) is 16.0 Å². The lowest BCUT2D eigenvalue weighted by atomic mass is 10.0. The molecule has 0 saturated heterocycles. The number of nitrogens with one attached hydrogen (secondary N) is 3. The molecule has 176 valence electrons. The molecule has 2 rings (SSSR count). The first kappa shape index (κ1) is 25.4. The molecule has 1 aliphatic rings. The van der Waals surface area contributed by atoms with E-state index in [4.69, 9.17) is 4.74 Å². The fourth-order valence-corrected chi connectivity index (χ4v) is 3.53. The maximum Gasteiger partial charge on any atom is 0.243 e. The largest absolute Gasteiger partial charge is 0.494 e. The summed E-state index contributed by atoms with van der Waals surface area (Å²) in [6.45, 7) is 3.82. The third kappa shape index (κ3) is 9.08. The van der Waals surface area contributed by atoms with E-state index in [9.17, 15) is 19.2 Å². The zero-order valence-electron chi connectivity index (χ0n) is 19.1. The van der Waals surface area contributed by atoms with Crippen LogP contribution in [0.4, 0.5) is 0 Å². The van der Waals surface area contributed by atoms with Gasteiger partial charge in [-0.05, 0) is 50.3 Å². The number of unbranched alkanes of at least 4 members (excludes halogenated alkanes) is 1.